The first-order valence-corrected chi connectivity index (χ1v) is 7.22. The van der Waals surface area contributed by atoms with Crippen LogP contribution < -0.4 is 10.6 Å². The summed E-state index contributed by atoms with van der Waals surface area (Å²) in [4.78, 5) is 22.9. The Bertz CT molecular complexity index is 508. The number of carbonyl (C=O) groups excluding carboxylic acids is 1. The molecule has 0 aromatic heterocycles. The molecule has 1 atom stereocenters. The van der Waals surface area contributed by atoms with E-state index in [4.69, 9.17) is 16.7 Å². The highest BCUT2D eigenvalue weighted by Crippen LogP contribution is 2.29. The van der Waals surface area contributed by atoms with Gasteiger partial charge in [-0.25, -0.2) is 9.59 Å². The number of carboxylic acid groups (broad SMARTS) is 1. The van der Waals surface area contributed by atoms with E-state index in [1.165, 1.54) is 0 Å². The second-order valence-electron chi connectivity index (χ2n) is 4.72. The van der Waals surface area contributed by atoms with Gasteiger partial charge in [0.15, 0.2) is 0 Å². The first kappa shape index (κ1) is 16.8. The van der Waals surface area contributed by atoms with Gasteiger partial charge in [-0.3, -0.25) is 0 Å². The van der Waals surface area contributed by atoms with Crippen molar-refractivity contribution in [2.24, 2.45) is 5.92 Å². The molecule has 0 spiro atoms. The van der Waals surface area contributed by atoms with E-state index in [2.05, 4.69) is 26.6 Å². The second kappa shape index (κ2) is 7.50. The molecule has 2 amide bonds. The van der Waals surface area contributed by atoms with Crippen LogP contribution in [0.1, 0.15) is 20.3 Å². The molecule has 5 nitrogen and oxygen atoms in total. The number of amides is 2. The molecule has 7 heteroatoms. The summed E-state index contributed by atoms with van der Waals surface area (Å²) in [6, 6.07) is 3.52. The fraction of sp³-hybridized carbons (Fsp3) is 0.385. The number of carbonyl (C=O) groups is 2. The molecule has 1 aromatic rings. The zero-order valence-corrected chi connectivity index (χ0v) is 13.5. The van der Waals surface area contributed by atoms with Crippen molar-refractivity contribution in [3.63, 3.8) is 0 Å². The maximum absolute atomic E-state index is 11.8. The van der Waals surface area contributed by atoms with Gasteiger partial charge in [0.2, 0.25) is 0 Å². The van der Waals surface area contributed by atoms with Crippen LogP contribution >= 0.6 is 27.5 Å². The molecule has 0 aliphatic rings. The molecule has 0 unspecified atom stereocenters. The summed E-state index contributed by atoms with van der Waals surface area (Å²) >= 11 is 9.16. The zero-order valence-electron chi connectivity index (χ0n) is 11.1. The van der Waals surface area contributed by atoms with Crippen LogP contribution in [-0.4, -0.2) is 23.1 Å². The van der Waals surface area contributed by atoms with Crippen LogP contribution in [0.25, 0.3) is 0 Å². The molecular formula is C13H16BrClN2O3. The van der Waals surface area contributed by atoms with Crippen molar-refractivity contribution in [2.75, 3.05) is 5.32 Å². The molecule has 0 bridgehead atoms. The Hall–Kier alpha value is -1.27. The lowest BCUT2D eigenvalue weighted by molar-refractivity contribution is -0.139. The lowest BCUT2D eigenvalue weighted by atomic mass is 10.0. The highest BCUT2D eigenvalue weighted by atomic mass is 79.9. The number of nitrogens with one attached hydrogen (secondary N) is 2. The maximum atomic E-state index is 11.8. The molecule has 0 heterocycles. The van der Waals surface area contributed by atoms with Crippen LogP contribution in [0.15, 0.2) is 22.7 Å². The largest absolute Gasteiger partial charge is 0.480 e. The van der Waals surface area contributed by atoms with E-state index in [9.17, 15) is 9.59 Å². The third-order valence-electron chi connectivity index (χ3n) is 2.51. The summed E-state index contributed by atoms with van der Waals surface area (Å²) in [7, 11) is 0. The minimum atomic E-state index is -1.06. The Labute approximate surface area is 130 Å². The molecule has 0 aliphatic carbocycles. The van der Waals surface area contributed by atoms with Gasteiger partial charge in [0.25, 0.3) is 0 Å². The molecule has 1 rings (SSSR count). The smallest absolute Gasteiger partial charge is 0.326 e. The predicted octanol–water partition coefficient (Wildman–Crippen LogP) is 3.72. The van der Waals surface area contributed by atoms with Gasteiger partial charge in [0.1, 0.15) is 6.04 Å². The SMILES string of the molecule is CC(C)C[C@@H](NC(=O)Nc1cccc(Cl)c1Br)C(=O)O. The summed E-state index contributed by atoms with van der Waals surface area (Å²) in [5.41, 5.74) is 0.476. The van der Waals surface area contributed by atoms with Gasteiger partial charge < -0.3 is 15.7 Å². The molecular weight excluding hydrogens is 348 g/mol. The van der Waals surface area contributed by atoms with E-state index in [-0.39, 0.29) is 5.92 Å². The number of hydrogen-bond acceptors (Lipinski definition) is 2. The minimum Gasteiger partial charge on any atom is -0.480 e. The number of hydrogen-bond donors (Lipinski definition) is 3. The lowest BCUT2D eigenvalue weighted by Crippen LogP contribution is -2.43. The average Bonchev–Trinajstić information content (AvgIpc) is 2.33. The number of rotatable bonds is 5. The fourth-order valence-electron chi connectivity index (χ4n) is 1.61. The monoisotopic (exact) mass is 362 g/mol. The van der Waals surface area contributed by atoms with Crippen LogP contribution in [0, 0.1) is 5.92 Å². The van der Waals surface area contributed by atoms with Gasteiger partial charge in [0.05, 0.1) is 15.2 Å². The molecule has 0 radical (unpaired) electrons. The van der Waals surface area contributed by atoms with E-state index in [0.29, 0.717) is 21.6 Å². The van der Waals surface area contributed by atoms with Crippen LogP contribution in [0.2, 0.25) is 5.02 Å². The first-order chi connectivity index (χ1) is 9.31. The zero-order chi connectivity index (χ0) is 15.3. The van der Waals surface area contributed by atoms with Gasteiger partial charge in [-0.1, -0.05) is 31.5 Å². The molecule has 0 aliphatic heterocycles. The minimum absolute atomic E-state index is 0.161. The van der Waals surface area contributed by atoms with E-state index in [1.54, 1.807) is 18.2 Å². The Morgan fingerprint density at radius 2 is 2.05 bits per heavy atom. The topological polar surface area (TPSA) is 78.4 Å². The Morgan fingerprint density at radius 3 is 2.60 bits per heavy atom. The summed E-state index contributed by atoms with van der Waals surface area (Å²) in [6.45, 7) is 3.78. The van der Waals surface area contributed by atoms with Crippen LogP contribution in [-0.2, 0) is 4.79 Å². The second-order valence-corrected chi connectivity index (χ2v) is 5.92. The van der Waals surface area contributed by atoms with Crippen LogP contribution in [0.3, 0.4) is 0 Å². The van der Waals surface area contributed by atoms with Crippen molar-refractivity contribution in [3.8, 4) is 0 Å². The quantitative estimate of drug-likeness (QED) is 0.746. The van der Waals surface area contributed by atoms with Gasteiger partial charge >= 0.3 is 12.0 Å². The number of aliphatic carboxylic acids is 1. The number of halogens is 2. The van der Waals surface area contributed by atoms with E-state index in [1.807, 2.05) is 13.8 Å². The fourth-order valence-corrected chi connectivity index (χ4v) is 2.15. The van der Waals surface area contributed by atoms with Crippen LogP contribution in [0.4, 0.5) is 10.5 Å². The van der Waals surface area contributed by atoms with Crippen molar-refractivity contribution in [2.45, 2.75) is 26.3 Å². The molecule has 0 saturated carbocycles. The van der Waals surface area contributed by atoms with E-state index < -0.39 is 18.0 Å². The molecule has 110 valence electrons. The first-order valence-electron chi connectivity index (χ1n) is 6.05. The standard InChI is InChI=1S/C13H16BrClN2O3/c1-7(2)6-10(12(18)19)17-13(20)16-9-5-3-4-8(15)11(9)14/h3-5,7,10H,6H2,1-2H3,(H,18,19)(H2,16,17,20)/t10-/m1/s1. The van der Waals surface area contributed by atoms with Gasteiger partial charge in [-0.15, -0.1) is 0 Å². The highest BCUT2D eigenvalue weighted by molar-refractivity contribution is 9.10. The summed E-state index contributed by atoms with van der Waals surface area (Å²) in [5.74, 6) is -0.895. The third kappa shape index (κ3) is 5.02. The van der Waals surface area contributed by atoms with Crippen LogP contribution in [0.5, 0.6) is 0 Å². The number of urea groups is 1. The average molecular weight is 364 g/mol. The number of carboxylic acids is 1. The van der Waals surface area contributed by atoms with Crippen molar-refractivity contribution in [1.29, 1.82) is 0 Å². The molecule has 0 saturated heterocycles. The summed E-state index contributed by atoms with van der Waals surface area (Å²) < 4.78 is 0.549. The van der Waals surface area contributed by atoms with Crippen molar-refractivity contribution < 1.29 is 14.7 Å². The van der Waals surface area contributed by atoms with Gasteiger partial charge in [-0.2, -0.15) is 0 Å². The molecule has 3 N–H and O–H groups in total. The van der Waals surface area contributed by atoms with E-state index >= 15 is 0 Å². The summed E-state index contributed by atoms with van der Waals surface area (Å²) in [5, 5.41) is 14.5. The predicted molar refractivity (Wildman–Crippen MR) is 82.2 cm³/mol. The normalized spacial score (nSPS) is 12.1. The summed E-state index contributed by atoms with van der Waals surface area (Å²) in [6.07, 6.45) is 0.361. The Morgan fingerprint density at radius 1 is 1.40 bits per heavy atom. The van der Waals surface area contributed by atoms with Crippen molar-refractivity contribution in [3.05, 3.63) is 27.7 Å². The van der Waals surface area contributed by atoms with Crippen molar-refractivity contribution >= 4 is 45.2 Å². The Kier molecular flexibility index (Phi) is 6.29. The maximum Gasteiger partial charge on any atom is 0.326 e. The third-order valence-corrected chi connectivity index (χ3v) is 3.91. The van der Waals surface area contributed by atoms with Gasteiger partial charge in [-0.05, 0) is 40.4 Å². The van der Waals surface area contributed by atoms with Gasteiger partial charge in [0, 0.05) is 0 Å². The highest BCUT2D eigenvalue weighted by Gasteiger charge is 2.21. The number of anilines is 1. The van der Waals surface area contributed by atoms with E-state index in [0.717, 1.165) is 0 Å². The molecule has 0 fully saturated rings. The lowest BCUT2D eigenvalue weighted by Gasteiger charge is -2.17. The Balaban J connectivity index is 2.71. The molecule has 20 heavy (non-hydrogen) atoms. The number of benzene rings is 1. The van der Waals surface area contributed by atoms with Crippen molar-refractivity contribution in [1.82, 2.24) is 5.32 Å². The molecule has 1 aromatic carbocycles.